The molecule has 2 aliphatic rings. The number of phenolic OH excluding ortho intramolecular Hbond substituents is 2. The highest BCUT2D eigenvalue weighted by Gasteiger charge is 2.26. The molecule has 35 heavy (non-hydrogen) atoms. The third kappa shape index (κ3) is 4.30. The van der Waals surface area contributed by atoms with Gasteiger partial charge in [0.1, 0.15) is 33.9 Å². The number of hydrazine groups is 1. The molecule has 8 nitrogen and oxygen atoms in total. The van der Waals surface area contributed by atoms with Crippen molar-refractivity contribution in [1.82, 2.24) is 20.4 Å². The summed E-state index contributed by atoms with van der Waals surface area (Å²) in [5, 5.41) is 37.1. The number of nitrogens with zero attached hydrogens (tertiary/aromatic N) is 5. The molecule has 2 atom stereocenters. The molecule has 3 N–H and O–H groups in total. The van der Waals surface area contributed by atoms with E-state index >= 15 is 0 Å². The fourth-order valence-corrected chi connectivity index (χ4v) is 4.08. The van der Waals surface area contributed by atoms with Crippen LogP contribution in [-0.2, 0) is 6.42 Å². The van der Waals surface area contributed by atoms with E-state index in [1.807, 2.05) is 79.5 Å². The van der Waals surface area contributed by atoms with Crippen LogP contribution in [0.2, 0.25) is 0 Å². The molecule has 4 aromatic rings. The highest BCUT2D eigenvalue weighted by molar-refractivity contribution is 7.15. The molecule has 9 heteroatoms. The third-order valence-electron chi connectivity index (χ3n) is 5.78. The van der Waals surface area contributed by atoms with Crippen LogP contribution in [0, 0.1) is 0 Å². The maximum absolute atomic E-state index is 11.0. The predicted octanol–water partition coefficient (Wildman–Crippen LogP) is 4.09. The zero-order chi connectivity index (χ0) is 24.4. The van der Waals surface area contributed by atoms with Crippen LogP contribution in [0.3, 0.4) is 0 Å². The van der Waals surface area contributed by atoms with E-state index in [9.17, 15) is 10.2 Å². The second-order valence-electron chi connectivity index (χ2n) is 7.91. The van der Waals surface area contributed by atoms with Crippen LogP contribution < -0.4 is 10.5 Å². The summed E-state index contributed by atoms with van der Waals surface area (Å²) in [6, 6.07) is 18.5. The number of aromatic nitrogens is 3. The van der Waals surface area contributed by atoms with E-state index in [0.29, 0.717) is 28.9 Å². The number of nitrogens with one attached hydrogen (secondary N) is 1. The van der Waals surface area contributed by atoms with Crippen molar-refractivity contribution in [2.45, 2.75) is 12.5 Å². The second-order valence-corrected chi connectivity index (χ2v) is 7.91. The Morgan fingerprint density at radius 3 is 2.11 bits per heavy atom. The zero-order valence-electron chi connectivity index (χ0n) is 19.1. The molecule has 0 radical (unpaired) electrons. The molecule has 1 aliphatic heterocycles. The standard InChI is InChI=1S/C25H20N6O2.CH5P/c32-24-16(7-5-13-22(24)30-26-18-9-1-2-10-19(18)27-30)15-17-8-6-14-23(25(17)33)31-28-20-11-3-4-12-21(20)29-31;1-2/h1-14,18,26,32-33H,15H2;2H2,1H3. The van der Waals surface area contributed by atoms with Crippen molar-refractivity contribution < 1.29 is 10.2 Å². The SMILES string of the molecule is CP.Oc1c(Cc2cccc(-n3nc4ccccc4n3)c2O)cccc1N1N=C2C=CC=CC2N1. The Kier molecular flexibility index (Phi) is 6.31. The Balaban J connectivity index is 0.00000124. The van der Waals surface area contributed by atoms with E-state index in [4.69, 9.17) is 0 Å². The number of hydrogen-bond acceptors (Lipinski definition) is 7. The van der Waals surface area contributed by atoms with Gasteiger partial charge in [-0.15, -0.1) is 24.2 Å². The van der Waals surface area contributed by atoms with E-state index in [1.54, 1.807) is 17.3 Å². The molecule has 2 unspecified atom stereocenters. The van der Waals surface area contributed by atoms with E-state index in [2.05, 4.69) is 30.0 Å². The van der Waals surface area contributed by atoms with Crippen molar-refractivity contribution in [2.24, 2.45) is 5.10 Å². The molecular weight excluding hydrogens is 459 g/mol. The number of aromatic hydroxyl groups is 2. The Morgan fingerprint density at radius 2 is 1.46 bits per heavy atom. The first-order chi connectivity index (χ1) is 17.2. The van der Waals surface area contributed by atoms with Crippen LogP contribution in [0.25, 0.3) is 16.7 Å². The van der Waals surface area contributed by atoms with Crippen LogP contribution >= 0.6 is 9.24 Å². The predicted molar refractivity (Wildman–Crippen MR) is 142 cm³/mol. The average molecular weight is 485 g/mol. The van der Waals surface area contributed by atoms with Crippen LogP contribution in [0.4, 0.5) is 5.69 Å². The zero-order valence-corrected chi connectivity index (χ0v) is 20.2. The first-order valence-corrected chi connectivity index (χ1v) is 12.3. The van der Waals surface area contributed by atoms with Gasteiger partial charge >= 0.3 is 0 Å². The summed E-state index contributed by atoms with van der Waals surface area (Å²) in [7, 11) is 2.42. The Morgan fingerprint density at radius 1 is 0.829 bits per heavy atom. The minimum Gasteiger partial charge on any atom is -0.505 e. The first-order valence-electron chi connectivity index (χ1n) is 11.2. The molecule has 1 aromatic heterocycles. The smallest absolute Gasteiger partial charge is 0.146 e. The fourth-order valence-electron chi connectivity index (χ4n) is 4.08. The number of para-hydroxylation sites is 2. The number of benzene rings is 3. The molecule has 1 aliphatic carbocycles. The van der Waals surface area contributed by atoms with Crippen molar-refractivity contribution in [3.05, 3.63) is 96.1 Å². The topological polar surface area (TPSA) is 98.8 Å². The van der Waals surface area contributed by atoms with Gasteiger partial charge in [0.05, 0.1) is 11.8 Å². The molecule has 3 aromatic carbocycles. The van der Waals surface area contributed by atoms with Crippen molar-refractivity contribution in [3.8, 4) is 17.2 Å². The minimum absolute atomic E-state index is 0.0177. The highest BCUT2D eigenvalue weighted by Crippen LogP contribution is 2.36. The number of fused-ring (bicyclic) bond motifs is 2. The van der Waals surface area contributed by atoms with E-state index in [1.165, 1.54) is 4.80 Å². The average Bonchev–Trinajstić information content (AvgIpc) is 3.52. The van der Waals surface area contributed by atoms with Gasteiger partial charge in [-0.05, 0) is 30.3 Å². The van der Waals surface area contributed by atoms with Gasteiger partial charge < -0.3 is 10.2 Å². The Bertz CT molecular complexity index is 1440. The van der Waals surface area contributed by atoms with Gasteiger partial charge in [0, 0.05) is 17.5 Å². The number of hydrazone groups is 1. The van der Waals surface area contributed by atoms with Crippen LogP contribution in [-0.4, -0.2) is 43.6 Å². The number of hydrogen-bond donors (Lipinski definition) is 3. The largest absolute Gasteiger partial charge is 0.505 e. The maximum Gasteiger partial charge on any atom is 0.146 e. The quantitative estimate of drug-likeness (QED) is 0.378. The summed E-state index contributed by atoms with van der Waals surface area (Å²) in [5.74, 6) is 0.178. The lowest BCUT2D eigenvalue weighted by Gasteiger charge is -2.19. The summed E-state index contributed by atoms with van der Waals surface area (Å²) >= 11 is 0. The normalized spacial score (nSPS) is 16.1. The second kappa shape index (κ2) is 9.70. The number of rotatable bonds is 4. The first kappa shape index (κ1) is 22.8. The third-order valence-corrected chi connectivity index (χ3v) is 5.78. The van der Waals surface area contributed by atoms with Crippen molar-refractivity contribution >= 4 is 31.7 Å². The molecule has 0 spiro atoms. The van der Waals surface area contributed by atoms with Gasteiger partial charge in [0.25, 0.3) is 0 Å². The Hall–Kier alpha value is -4.00. The lowest BCUT2D eigenvalue weighted by molar-refractivity contribution is 0.457. The van der Waals surface area contributed by atoms with Crippen molar-refractivity contribution in [2.75, 3.05) is 11.8 Å². The number of allylic oxidation sites excluding steroid dienone is 2. The van der Waals surface area contributed by atoms with Gasteiger partial charge in [-0.2, -0.15) is 15.6 Å². The summed E-state index contributed by atoms with van der Waals surface area (Å²) in [6.07, 6.45) is 8.17. The molecule has 2 heterocycles. The van der Waals surface area contributed by atoms with Crippen molar-refractivity contribution in [3.63, 3.8) is 0 Å². The highest BCUT2D eigenvalue weighted by atomic mass is 31.0. The summed E-state index contributed by atoms with van der Waals surface area (Å²) in [6.45, 7) is 1.92. The molecule has 0 saturated carbocycles. The lowest BCUT2D eigenvalue weighted by Crippen LogP contribution is -2.36. The van der Waals surface area contributed by atoms with Crippen LogP contribution in [0.15, 0.2) is 90.1 Å². The van der Waals surface area contributed by atoms with Crippen LogP contribution in [0.5, 0.6) is 11.5 Å². The molecule has 0 fully saturated rings. The number of anilines is 1. The van der Waals surface area contributed by atoms with E-state index in [-0.39, 0.29) is 17.5 Å². The summed E-state index contributed by atoms with van der Waals surface area (Å²) in [5.41, 5.74) is 7.99. The van der Waals surface area contributed by atoms with E-state index in [0.717, 1.165) is 16.7 Å². The molecule has 176 valence electrons. The van der Waals surface area contributed by atoms with Gasteiger partial charge in [-0.3, -0.25) is 0 Å². The van der Waals surface area contributed by atoms with Gasteiger partial charge in [-0.1, -0.05) is 61.3 Å². The minimum atomic E-state index is -0.0177. The lowest BCUT2D eigenvalue weighted by atomic mass is 10.0. The Labute approximate surface area is 205 Å². The van der Waals surface area contributed by atoms with Gasteiger partial charge in [0.15, 0.2) is 0 Å². The van der Waals surface area contributed by atoms with Crippen LogP contribution in [0.1, 0.15) is 11.1 Å². The van der Waals surface area contributed by atoms with Gasteiger partial charge in [-0.25, -0.2) is 0 Å². The summed E-state index contributed by atoms with van der Waals surface area (Å²) < 4.78 is 0. The van der Waals surface area contributed by atoms with Gasteiger partial charge in [0.2, 0.25) is 0 Å². The number of phenols is 2. The molecule has 0 saturated heterocycles. The molecule has 0 bridgehead atoms. The molecule has 0 amide bonds. The summed E-state index contributed by atoms with van der Waals surface area (Å²) in [4.78, 5) is 1.44. The molecular formula is C26H25N6O2P. The molecule has 6 rings (SSSR count). The fraction of sp³-hybridized carbons (Fsp3) is 0.115. The van der Waals surface area contributed by atoms with Crippen molar-refractivity contribution in [1.29, 1.82) is 0 Å². The monoisotopic (exact) mass is 484 g/mol. The maximum atomic E-state index is 11.0. The van der Waals surface area contributed by atoms with E-state index < -0.39 is 0 Å².